The van der Waals surface area contributed by atoms with Crippen molar-refractivity contribution in [3.8, 4) is 0 Å². The molecule has 16 heavy (non-hydrogen) atoms. The molecule has 0 unspecified atom stereocenters. The Morgan fingerprint density at radius 3 is 2.19 bits per heavy atom. The van der Waals surface area contributed by atoms with Gasteiger partial charge in [-0.25, -0.2) is 4.79 Å². The maximum atomic E-state index is 10.9. The van der Waals surface area contributed by atoms with Crippen LogP contribution in [-0.4, -0.2) is 34.4 Å². The van der Waals surface area contributed by atoms with Gasteiger partial charge in [0.15, 0.2) is 0 Å². The van der Waals surface area contributed by atoms with E-state index in [1.165, 1.54) is 0 Å². The second-order valence-electron chi connectivity index (χ2n) is 3.25. The van der Waals surface area contributed by atoms with Gasteiger partial charge in [0.2, 0.25) is 0 Å². The van der Waals surface area contributed by atoms with Crippen LogP contribution in [-0.2, 0) is 18.4 Å². The highest BCUT2D eigenvalue weighted by atomic mass is 28.4. The first-order valence-electron chi connectivity index (χ1n) is 5.71. The van der Waals surface area contributed by atoms with Crippen LogP contribution in [0.3, 0.4) is 0 Å². The third-order valence-electron chi connectivity index (χ3n) is 2.25. The summed E-state index contributed by atoms with van der Waals surface area (Å²) in [7, 11) is -2.16. The summed E-state index contributed by atoms with van der Waals surface area (Å²) in [6.07, 6.45) is 1.16. The zero-order valence-corrected chi connectivity index (χ0v) is 11.5. The molecule has 0 aromatic heterocycles. The lowest BCUT2D eigenvalue weighted by Gasteiger charge is -2.28. The van der Waals surface area contributed by atoms with Gasteiger partial charge in [-0.3, -0.25) is 0 Å². The molecule has 94 valence electrons. The van der Waals surface area contributed by atoms with Crippen molar-refractivity contribution in [2.24, 2.45) is 0 Å². The first kappa shape index (κ1) is 15.3. The number of hydrogen-bond donors (Lipinski definition) is 0. The molecule has 4 nitrogen and oxygen atoms in total. The SMILES string of the molecule is C=CC(=O)OCC[Si](CC)(OCC)OCC. The van der Waals surface area contributed by atoms with Crippen molar-refractivity contribution in [3.05, 3.63) is 12.7 Å². The van der Waals surface area contributed by atoms with Gasteiger partial charge >= 0.3 is 14.5 Å². The third kappa shape index (κ3) is 5.44. The highest BCUT2D eigenvalue weighted by Crippen LogP contribution is 2.18. The maximum absolute atomic E-state index is 10.9. The molecule has 0 spiro atoms. The van der Waals surface area contributed by atoms with Gasteiger partial charge in [0.1, 0.15) is 0 Å². The number of carbonyl (C=O) groups is 1. The van der Waals surface area contributed by atoms with Gasteiger partial charge in [-0.2, -0.15) is 0 Å². The second-order valence-corrected chi connectivity index (χ2v) is 6.86. The van der Waals surface area contributed by atoms with E-state index in [0.717, 1.165) is 12.1 Å². The normalized spacial score (nSPS) is 11.2. The quantitative estimate of drug-likeness (QED) is 0.355. The van der Waals surface area contributed by atoms with Crippen molar-refractivity contribution in [3.63, 3.8) is 0 Å². The molecule has 0 radical (unpaired) electrons. The number of rotatable bonds is 9. The van der Waals surface area contributed by atoms with E-state index in [2.05, 4.69) is 6.58 Å². The molecule has 0 amide bonds. The molecule has 0 N–H and O–H groups in total. The smallest absolute Gasteiger partial charge is 0.341 e. The molecular weight excluding hydrogens is 224 g/mol. The summed E-state index contributed by atoms with van der Waals surface area (Å²) in [5.74, 6) is -0.396. The molecule has 5 heteroatoms. The van der Waals surface area contributed by atoms with Gasteiger partial charge in [-0.1, -0.05) is 13.5 Å². The molecule has 0 rings (SSSR count). The van der Waals surface area contributed by atoms with Gasteiger partial charge in [0.25, 0.3) is 0 Å². The van der Waals surface area contributed by atoms with Crippen molar-refractivity contribution >= 4 is 14.5 Å². The van der Waals surface area contributed by atoms with Crippen molar-refractivity contribution in [2.45, 2.75) is 32.9 Å². The highest BCUT2D eigenvalue weighted by Gasteiger charge is 2.34. The Hall–Kier alpha value is -0.653. The van der Waals surface area contributed by atoms with Crippen LogP contribution < -0.4 is 0 Å². The standard InChI is InChI=1S/C11H22O4Si/c1-5-11(12)13-9-10-16(8-4,14-6-2)15-7-3/h5H,1,6-10H2,2-4H3. The minimum Gasteiger partial charge on any atom is -0.463 e. The lowest BCUT2D eigenvalue weighted by molar-refractivity contribution is -0.137. The Morgan fingerprint density at radius 1 is 1.25 bits per heavy atom. The fourth-order valence-electron chi connectivity index (χ4n) is 1.46. The van der Waals surface area contributed by atoms with Gasteiger partial charge in [0.05, 0.1) is 6.61 Å². The van der Waals surface area contributed by atoms with Crippen LogP contribution in [0.15, 0.2) is 12.7 Å². The van der Waals surface area contributed by atoms with E-state index in [1.54, 1.807) is 0 Å². The number of hydrogen-bond acceptors (Lipinski definition) is 4. The molecular formula is C11H22O4Si. The van der Waals surface area contributed by atoms with Crippen molar-refractivity contribution in [1.29, 1.82) is 0 Å². The van der Waals surface area contributed by atoms with Gasteiger partial charge in [-0.05, 0) is 19.9 Å². The first-order chi connectivity index (χ1) is 7.64. The molecule has 0 aliphatic heterocycles. The Morgan fingerprint density at radius 2 is 1.81 bits per heavy atom. The summed E-state index contributed by atoms with van der Waals surface area (Å²) in [5, 5.41) is 0. The Kier molecular flexibility index (Phi) is 8.15. The summed E-state index contributed by atoms with van der Waals surface area (Å²) >= 11 is 0. The summed E-state index contributed by atoms with van der Waals surface area (Å²) in [6.45, 7) is 10.9. The van der Waals surface area contributed by atoms with Gasteiger partial charge in [0, 0.05) is 25.3 Å². The summed E-state index contributed by atoms with van der Waals surface area (Å²) in [6, 6.07) is 1.53. The number of ether oxygens (including phenoxy) is 1. The van der Waals surface area contributed by atoms with Crippen LogP contribution in [0.5, 0.6) is 0 Å². The van der Waals surface area contributed by atoms with Crippen LogP contribution in [0.25, 0.3) is 0 Å². The van der Waals surface area contributed by atoms with E-state index >= 15 is 0 Å². The number of carbonyl (C=O) groups excluding carboxylic acids is 1. The molecule has 0 heterocycles. The molecule has 0 fully saturated rings. The molecule has 0 aromatic rings. The summed E-state index contributed by atoms with van der Waals surface area (Å²) in [5.41, 5.74) is 0. The van der Waals surface area contributed by atoms with Crippen molar-refractivity contribution in [2.75, 3.05) is 19.8 Å². The fourth-order valence-corrected chi connectivity index (χ4v) is 4.06. The van der Waals surface area contributed by atoms with Crippen LogP contribution >= 0.6 is 0 Å². The minimum atomic E-state index is -2.16. The lowest BCUT2D eigenvalue weighted by Crippen LogP contribution is -2.42. The summed E-state index contributed by atoms with van der Waals surface area (Å²) < 4.78 is 16.4. The largest absolute Gasteiger partial charge is 0.463 e. The molecule has 0 saturated carbocycles. The molecule has 0 saturated heterocycles. The predicted molar refractivity (Wildman–Crippen MR) is 65.5 cm³/mol. The van der Waals surface area contributed by atoms with E-state index in [0.29, 0.717) is 25.9 Å². The first-order valence-corrected chi connectivity index (χ1v) is 7.94. The molecule has 0 aliphatic carbocycles. The molecule has 0 bridgehead atoms. The zero-order valence-electron chi connectivity index (χ0n) is 10.5. The lowest BCUT2D eigenvalue weighted by atomic mass is 10.6. The topological polar surface area (TPSA) is 44.8 Å². The van der Waals surface area contributed by atoms with Crippen LogP contribution in [0.2, 0.25) is 12.1 Å². The predicted octanol–water partition coefficient (Wildman–Crippen LogP) is 2.25. The highest BCUT2D eigenvalue weighted by molar-refractivity contribution is 6.67. The fraction of sp³-hybridized carbons (Fsp3) is 0.727. The average molecular weight is 246 g/mol. The van der Waals surface area contributed by atoms with E-state index in [4.69, 9.17) is 13.6 Å². The Labute approximate surface area is 98.8 Å². The monoisotopic (exact) mass is 246 g/mol. The van der Waals surface area contributed by atoms with Crippen molar-refractivity contribution in [1.82, 2.24) is 0 Å². The maximum Gasteiger partial charge on any atom is 0.341 e. The second kappa shape index (κ2) is 8.49. The van der Waals surface area contributed by atoms with Crippen LogP contribution in [0.4, 0.5) is 0 Å². The third-order valence-corrected chi connectivity index (χ3v) is 5.92. The molecule has 0 aliphatic rings. The Balaban J connectivity index is 4.18. The Bertz CT molecular complexity index is 212. The van der Waals surface area contributed by atoms with E-state index < -0.39 is 14.5 Å². The summed E-state index contributed by atoms with van der Waals surface area (Å²) in [4.78, 5) is 10.9. The van der Waals surface area contributed by atoms with Gasteiger partial charge in [-0.15, -0.1) is 0 Å². The minimum absolute atomic E-state index is 0.338. The zero-order chi connectivity index (χ0) is 12.4. The van der Waals surface area contributed by atoms with E-state index in [9.17, 15) is 4.79 Å². The van der Waals surface area contributed by atoms with Crippen LogP contribution in [0, 0.1) is 0 Å². The van der Waals surface area contributed by atoms with Crippen molar-refractivity contribution < 1.29 is 18.4 Å². The van der Waals surface area contributed by atoms with E-state index in [1.807, 2.05) is 20.8 Å². The molecule has 0 atom stereocenters. The number of esters is 1. The average Bonchev–Trinajstić information content (AvgIpc) is 2.29. The molecule has 0 aromatic carbocycles. The van der Waals surface area contributed by atoms with Crippen LogP contribution in [0.1, 0.15) is 20.8 Å². The van der Waals surface area contributed by atoms with E-state index in [-0.39, 0.29) is 0 Å². The van der Waals surface area contributed by atoms with Gasteiger partial charge < -0.3 is 13.6 Å².